The number of likely N-dealkylation sites (tertiary alicyclic amines) is 1. The molecule has 2 heterocycles. The zero-order chi connectivity index (χ0) is 23.2. The number of piperidine rings is 1. The van der Waals surface area contributed by atoms with Gasteiger partial charge in [0.1, 0.15) is 5.75 Å². The number of halogens is 1. The first-order valence-corrected chi connectivity index (χ1v) is 13.7. The minimum Gasteiger partial charge on any atom is -0.497 e. The molecular weight excluding hydrogens is 456 g/mol. The Kier molecular flexibility index (Phi) is 8.78. The third kappa shape index (κ3) is 6.34. The average molecular weight is 491 g/mol. The summed E-state index contributed by atoms with van der Waals surface area (Å²) in [6.45, 7) is 2.70. The first kappa shape index (κ1) is 24.6. The molecule has 0 spiro atoms. The Morgan fingerprint density at radius 3 is 2.88 bits per heavy atom. The second-order valence-corrected chi connectivity index (χ2v) is 11.2. The third-order valence-corrected chi connectivity index (χ3v) is 9.04. The number of aromatic nitrogens is 1. The van der Waals surface area contributed by atoms with Gasteiger partial charge in [0, 0.05) is 35.7 Å². The number of hydrogen-bond acceptors (Lipinski definition) is 5. The van der Waals surface area contributed by atoms with Gasteiger partial charge in [-0.1, -0.05) is 24.4 Å². The molecule has 0 radical (unpaired) electrons. The number of rotatable bonds is 10. The van der Waals surface area contributed by atoms with Gasteiger partial charge in [-0.2, -0.15) is 11.8 Å². The summed E-state index contributed by atoms with van der Waals surface area (Å²) in [6, 6.07) is 5.85. The fourth-order valence-corrected chi connectivity index (χ4v) is 7.03. The maximum atomic E-state index is 12.1. The Labute approximate surface area is 206 Å². The van der Waals surface area contributed by atoms with Gasteiger partial charge in [-0.3, -0.25) is 9.78 Å². The van der Waals surface area contributed by atoms with Gasteiger partial charge in [-0.05, 0) is 74.8 Å². The summed E-state index contributed by atoms with van der Waals surface area (Å²) in [5, 5.41) is 12.4. The van der Waals surface area contributed by atoms with Crippen molar-refractivity contribution in [3.8, 4) is 5.75 Å². The van der Waals surface area contributed by atoms with Crippen molar-refractivity contribution in [1.29, 1.82) is 0 Å². The van der Waals surface area contributed by atoms with E-state index in [1.807, 2.05) is 18.2 Å². The normalized spacial score (nSPS) is 22.1. The van der Waals surface area contributed by atoms with E-state index in [0.29, 0.717) is 11.6 Å². The molecule has 2 aromatic rings. The van der Waals surface area contributed by atoms with E-state index in [1.54, 1.807) is 13.3 Å². The quantitative estimate of drug-likeness (QED) is 0.446. The van der Waals surface area contributed by atoms with Gasteiger partial charge in [-0.25, -0.2) is 0 Å². The highest BCUT2D eigenvalue weighted by Gasteiger charge is 2.33. The van der Waals surface area contributed by atoms with Gasteiger partial charge >= 0.3 is 5.97 Å². The van der Waals surface area contributed by atoms with Crippen LogP contribution in [0.2, 0.25) is 5.02 Å². The number of fused-ring (bicyclic) bond motifs is 1. The number of methoxy groups -OCH3 is 1. The van der Waals surface area contributed by atoms with Gasteiger partial charge in [0.15, 0.2) is 0 Å². The number of thioether (sulfide) groups is 1. The van der Waals surface area contributed by atoms with Crippen LogP contribution < -0.4 is 4.74 Å². The molecular formula is C26H35ClN2O3S. The third-order valence-electron chi connectivity index (χ3n) is 7.36. The van der Waals surface area contributed by atoms with E-state index in [9.17, 15) is 9.90 Å². The molecule has 0 bridgehead atoms. The summed E-state index contributed by atoms with van der Waals surface area (Å²) in [5.41, 5.74) is 1.98. The lowest BCUT2D eigenvalue weighted by molar-refractivity contribution is -0.146. The Morgan fingerprint density at radius 2 is 2.12 bits per heavy atom. The second kappa shape index (κ2) is 11.8. The van der Waals surface area contributed by atoms with Crippen LogP contribution in [0.4, 0.5) is 0 Å². The minimum absolute atomic E-state index is 0.225. The molecule has 2 fully saturated rings. The molecule has 2 aliphatic rings. The first-order valence-electron chi connectivity index (χ1n) is 12.2. The maximum Gasteiger partial charge on any atom is 0.308 e. The van der Waals surface area contributed by atoms with Gasteiger partial charge < -0.3 is 14.7 Å². The van der Waals surface area contributed by atoms with Crippen LogP contribution in [0.5, 0.6) is 5.75 Å². The second-order valence-electron chi connectivity index (χ2n) is 9.43. The first-order chi connectivity index (χ1) is 16.0. The number of nitrogens with zero attached hydrogens (tertiary/aromatic N) is 2. The minimum atomic E-state index is -0.648. The zero-order valence-corrected chi connectivity index (χ0v) is 21.0. The largest absolute Gasteiger partial charge is 0.497 e. The molecule has 180 valence electrons. The fourth-order valence-electron chi connectivity index (χ4n) is 5.42. The highest BCUT2D eigenvalue weighted by atomic mass is 35.5. The van der Waals surface area contributed by atoms with Crippen molar-refractivity contribution in [2.45, 2.75) is 56.6 Å². The standard InChI is InChI=1S/C26H35ClN2O3S/c1-32-19-9-10-25-22(15-19)21(24(27)16-28-25)8-4-5-18-11-12-29(17-23(18)26(30)31)13-14-33-20-6-2-3-7-20/h9-10,15-16,18,20,23H,2-8,11-14,17H2,1H3,(H,30,31)/t18-,23+/m0/s1. The van der Waals surface area contributed by atoms with E-state index in [-0.39, 0.29) is 11.8 Å². The summed E-state index contributed by atoms with van der Waals surface area (Å²) in [5.74, 6) is 1.21. The van der Waals surface area contributed by atoms with Gasteiger partial charge in [0.05, 0.1) is 23.6 Å². The molecule has 0 unspecified atom stereocenters. The highest BCUT2D eigenvalue weighted by molar-refractivity contribution is 7.99. The summed E-state index contributed by atoms with van der Waals surface area (Å²) >= 11 is 8.60. The SMILES string of the molecule is COc1ccc2ncc(Cl)c(CCC[C@H]3CCN(CCSC4CCCC4)C[C@H]3C(=O)O)c2c1. The van der Waals surface area contributed by atoms with Crippen molar-refractivity contribution < 1.29 is 14.6 Å². The molecule has 5 nitrogen and oxygen atoms in total. The number of aliphatic carboxylic acids is 1. The smallest absolute Gasteiger partial charge is 0.308 e. The van der Waals surface area contributed by atoms with Crippen molar-refractivity contribution in [3.63, 3.8) is 0 Å². The molecule has 1 aliphatic heterocycles. The number of benzene rings is 1. The molecule has 2 atom stereocenters. The number of carboxylic acid groups (broad SMARTS) is 1. The van der Waals surface area contributed by atoms with Crippen LogP contribution in [0.1, 0.15) is 50.5 Å². The van der Waals surface area contributed by atoms with Crippen molar-refractivity contribution in [2.75, 3.05) is 32.5 Å². The van der Waals surface area contributed by atoms with Crippen LogP contribution in [-0.4, -0.2) is 58.7 Å². The lowest BCUT2D eigenvalue weighted by atomic mass is 9.81. The lowest BCUT2D eigenvalue weighted by Gasteiger charge is -2.36. The maximum absolute atomic E-state index is 12.1. The molecule has 1 aromatic heterocycles. The molecule has 4 rings (SSSR count). The molecule has 1 aliphatic carbocycles. The number of aryl methyl sites for hydroxylation is 1. The average Bonchev–Trinajstić information content (AvgIpc) is 3.34. The molecule has 1 N–H and O–H groups in total. The Bertz CT molecular complexity index is 951. The Morgan fingerprint density at radius 1 is 1.30 bits per heavy atom. The van der Waals surface area contributed by atoms with Gasteiger partial charge in [0.25, 0.3) is 0 Å². The molecule has 1 saturated carbocycles. The van der Waals surface area contributed by atoms with E-state index in [2.05, 4.69) is 21.6 Å². The van der Waals surface area contributed by atoms with E-state index in [4.69, 9.17) is 16.3 Å². The Hall–Kier alpha value is -1.50. The van der Waals surface area contributed by atoms with E-state index in [1.165, 1.54) is 25.7 Å². The number of hydrogen-bond donors (Lipinski definition) is 1. The van der Waals surface area contributed by atoms with Crippen LogP contribution in [0.15, 0.2) is 24.4 Å². The van der Waals surface area contributed by atoms with Crippen molar-refractivity contribution in [1.82, 2.24) is 9.88 Å². The van der Waals surface area contributed by atoms with E-state index < -0.39 is 5.97 Å². The zero-order valence-electron chi connectivity index (χ0n) is 19.5. The number of pyridine rings is 1. The molecule has 0 amide bonds. The summed E-state index contributed by atoms with van der Waals surface area (Å²) in [7, 11) is 1.66. The lowest BCUT2D eigenvalue weighted by Crippen LogP contribution is -2.44. The summed E-state index contributed by atoms with van der Waals surface area (Å²) < 4.78 is 5.38. The van der Waals surface area contributed by atoms with Crippen LogP contribution >= 0.6 is 23.4 Å². The summed E-state index contributed by atoms with van der Waals surface area (Å²) in [6.07, 6.45) is 10.8. The van der Waals surface area contributed by atoms with E-state index >= 15 is 0 Å². The topological polar surface area (TPSA) is 62.7 Å². The number of ether oxygens (including phenoxy) is 1. The Balaban J connectivity index is 1.31. The molecule has 7 heteroatoms. The van der Waals surface area contributed by atoms with Crippen LogP contribution in [0.3, 0.4) is 0 Å². The molecule has 1 saturated heterocycles. The number of carboxylic acids is 1. The fraction of sp³-hybridized carbons (Fsp3) is 0.615. The highest BCUT2D eigenvalue weighted by Crippen LogP contribution is 2.33. The molecule has 33 heavy (non-hydrogen) atoms. The van der Waals surface area contributed by atoms with E-state index in [0.717, 1.165) is 72.0 Å². The predicted molar refractivity (Wildman–Crippen MR) is 137 cm³/mol. The van der Waals surface area contributed by atoms with Crippen molar-refractivity contribution in [2.24, 2.45) is 11.8 Å². The van der Waals surface area contributed by atoms with Crippen LogP contribution in [0.25, 0.3) is 10.9 Å². The predicted octanol–water partition coefficient (Wildman–Crippen LogP) is 5.92. The van der Waals surface area contributed by atoms with Crippen LogP contribution in [-0.2, 0) is 11.2 Å². The van der Waals surface area contributed by atoms with Crippen molar-refractivity contribution >= 4 is 40.2 Å². The van der Waals surface area contributed by atoms with Crippen molar-refractivity contribution in [3.05, 3.63) is 35.0 Å². The van der Waals surface area contributed by atoms with Crippen LogP contribution in [0, 0.1) is 11.8 Å². The van der Waals surface area contributed by atoms with Gasteiger partial charge in [0.2, 0.25) is 0 Å². The summed E-state index contributed by atoms with van der Waals surface area (Å²) in [4.78, 5) is 18.9. The van der Waals surface area contributed by atoms with Gasteiger partial charge in [-0.15, -0.1) is 0 Å². The monoisotopic (exact) mass is 490 g/mol. The molecule has 1 aromatic carbocycles. The number of carbonyl (C=O) groups is 1.